The van der Waals surface area contributed by atoms with Crippen molar-refractivity contribution in [2.75, 3.05) is 6.61 Å². The average Bonchev–Trinajstić information content (AvgIpc) is 3.23. The molecule has 2 aliphatic heterocycles. The quantitative estimate of drug-likeness (QED) is 0.342. The number of nitrogens with one attached hydrogen (secondary N) is 1. The van der Waals surface area contributed by atoms with Gasteiger partial charge in [-0.25, -0.2) is 8.42 Å². The molecule has 7 nitrogen and oxygen atoms in total. The second-order valence-electron chi connectivity index (χ2n) is 11.7. The number of carbonyl (C=O) groups is 1. The molecular formula is C30H38BrF2N3O4S. The van der Waals surface area contributed by atoms with Crippen molar-refractivity contribution in [2.24, 2.45) is 11.7 Å². The van der Waals surface area contributed by atoms with Gasteiger partial charge in [0, 0.05) is 28.2 Å². The van der Waals surface area contributed by atoms with E-state index < -0.39 is 33.5 Å². The van der Waals surface area contributed by atoms with Gasteiger partial charge in [-0.15, -0.1) is 0 Å². The average molecular weight is 655 g/mol. The number of nitrogens with zero attached hydrogens (tertiary/aromatic N) is 1. The van der Waals surface area contributed by atoms with Crippen LogP contribution in [0, 0.1) is 5.92 Å². The van der Waals surface area contributed by atoms with Gasteiger partial charge in [0.05, 0.1) is 11.5 Å². The number of amides is 1. The number of nitrogens with two attached hydrogens (primary N) is 1. The molecule has 2 saturated heterocycles. The number of hydrogen-bond acceptors (Lipinski definition) is 5. The van der Waals surface area contributed by atoms with Crippen LogP contribution in [0.1, 0.15) is 69.8 Å². The minimum atomic E-state index is -4.49. The molecule has 2 aromatic carbocycles. The number of hydrogen-bond donors (Lipinski definition) is 2. The molecule has 3 aliphatic rings. The minimum Gasteiger partial charge on any atom is -0.494 e. The zero-order valence-electron chi connectivity index (χ0n) is 23.0. The number of rotatable bonds is 10. The van der Waals surface area contributed by atoms with Gasteiger partial charge in [0.2, 0.25) is 15.9 Å². The van der Waals surface area contributed by atoms with E-state index in [1.807, 2.05) is 0 Å². The lowest BCUT2D eigenvalue weighted by Gasteiger charge is -2.41. The summed E-state index contributed by atoms with van der Waals surface area (Å²) in [5.74, 6) is -3.58. The molecule has 1 aliphatic carbocycles. The molecule has 2 bridgehead atoms. The molecule has 2 aromatic rings. The lowest BCUT2D eigenvalue weighted by molar-refractivity contribution is -0.149. The number of ether oxygens (including phenoxy) is 1. The first-order valence-corrected chi connectivity index (χ1v) is 16.8. The lowest BCUT2D eigenvalue weighted by Crippen LogP contribution is -2.60. The summed E-state index contributed by atoms with van der Waals surface area (Å²) in [6.45, 7) is 0.535. The molecule has 3 fully saturated rings. The molecular weight excluding hydrogens is 616 g/mol. The van der Waals surface area contributed by atoms with Crippen LogP contribution in [0.3, 0.4) is 0 Å². The highest BCUT2D eigenvalue weighted by atomic mass is 79.9. The maximum atomic E-state index is 16.1. The topological polar surface area (TPSA) is 102 Å². The van der Waals surface area contributed by atoms with Crippen LogP contribution in [0.15, 0.2) is 57.9 Å². The molecule has 5 rings (SSSR count). The Morgan fingerprint density at radius 1 is 1.00 bits per heavy atom. The van der Waals surface area contributed by atoms with Crippen molar-refractivity contribution >= 4 is 31.9 Å². The zero-order valence-corrected chi connectivity index (χ0v) is 25.4. The van der Waals surface area contributed by atoms with Crippen molar-refractivity contribution in [3.8, 4) is 5.75 Å². The number of benzene rings is 2. The van der Waals surface area contributed by atoms with E-state index in [0.29, 0.717) is 48.4 Å². The Morgan fingerprint density at radius 2 is 1.61 bits per heavy atom. The van der Waals surface area contributed by atoms with Gasteiger partial charge in [-0.2, -0.15) is 13.5 Å². The number of carbonyl (C=O) groups excluding carboxylic acids is 1. The van der Waals surface area contributed by atoms with Crippen molar-refractivity contribution in [3.05, 3.63) is 58.6 Å². The van der Waals surface area contributed by atoms with E-state index in [1.165, 1.54) is 85.5 Å². The second-order valence-corrected chi connectivity index (χ2v) is 14.3. The first-order chi connectivity index (χ1) is 19.5. The maximum Gasteiger partial charge on any atom is 0.298 e. The predicted octanol–water partition coefficient (Wildman–Crippen LogP) is 5.72. The number of halogens is 3. The molecule has 224 valence electrons. The van der Waals surface area contributed by atoms with E-state index in [9.17, 15) is 13.2 Å². The van der Waals surface area contributed by atoms with E-state index in [-0.39, 0.29) is 23.0 Å². The summed E-state index contributed by atoms with van der Waals surface area (Å²) in [6.07, 6.45) is 9.50. The fourth-order valence-corrected chi connectivity index (χ4v) is 8.06. The minimum absolute atomic E-state index is 0.109. The Morgan fingerprint density at radius 3 is 2.22 bits per heavy atom. The van der Waals surface area contributed by atoms with E-state index in [0.717, 1.165) is 6.42 Å². The van der Waals surface area contributed by atoms with E-state index in [4.69, 9.17) is 10.5 Å². The normalized spacial score (nSPS) is 24.3. The Kier molecular flexibility index (Phi) is 9.37. The van der Waals surface area contributed by atoms with Crippen LogP contribution in [-0.2, 0) is 20.7 Å². The van der Waals surface area contributed by atoms with E-state index >= 15 is 8.78 Å². The zero-order chi connectivity index (χ0) is 29.2. The monoisotopic (exact) mass is 653 g/mol. The van der Waals surface area contributed by atoms with Crippen molar-refractivity contribution < 1.29 is 26.7 Å². The van der Waals surface area contributed by atoms with E-state index in [2.05, 4.69) is 20.7 Å². The number of alkyl halides is 2. The standard InChI is InChI=1S/C30H38BrF2N3O4S/c31-22-8-6-21(7-9-22)30(32,33)28(29(37)36-24-10-11-25(36)19-23(34)18-24)35-41(38,39)27-14-12-26(13-15-27)40-17-16-20-4-2-1-3-5-20/h6-9,12-15,20,23-25,28,35H,1-5,10-11,16-19,34H2/t23?,24?,25?,28-/m1/s1. The molecule has 0 radical (unpaired) electrons. The van der Waals surface area contributed by atoms with Crippen molar-refractivity contribution in [2.45, 2.75) is 99.2 Å². The van der Waals surface area contributed by atoms with Gasteiger partial charge in [0.15, 0.2) is 6.04 Å². The highest BCUT2D eigenvalue weighted by Gasteiger charge is 2.53. The third-order valence-electron chi connectivity index (χ3n) is 8.79. The van der Waals surface area contributed by atoms with Gasteiger partial charge in [0.1, 0.15) is 5.75 Å². The Hall–Kier alpha value is -2.08. The molecule has 11 heteroatoms. The van der Waals surface area contributed by atoms with E-state index in [1.54, 1.807) is 0 Å². The van der Waals surface area contributed by atoms with Crippen LogP contribution in [-0.4, -0.2) is 50.0 Å². The van der Waals surface area contributed by atoms with Crippen LogP contribution < -0.4 is 15.2 Å². The summed E-state index contributed by atoms with van der Waals surface area (Å²) in [5.41, 5.74) is 5.68. The molecule has 3 N–H and O–H groups in total. The fourth-order valence-electron chi connectivity index (χ4n) is 6.60. The van der Waals surface area contributed by atoms with Crippen LogP contribution in [0.5, 0.6) is 5.75 Å². The van der Waals surface area contributed by atoms with Crippen molar-refractivity contribution in [1.82, 2.24) is 9.62 Å². The first-order valence-electron chi connectivity index (χ1n) is 14.5. The molecule has 0 spiro atoms. The highest BCUT2D eigenvalue weighted by molar-refractivity contribution is 9.10. The first kappa shape index (κ1) is 30.4. The number of piperidine rings is 1. The third kappa shape index (κ3) is 6.95. The summed E-state index contributed by atoms with van der Waals surface area (Å²) >= 11 is 3.24. The number of fused-ring (bicyclic) bond motifs is 2. The van der Waals surface area contributed by atoms with Gasteiger partial charge in [-0.05, 0) is 74.4 Å². The SMILES string of the molecule is NC1CC2CCC(C1)N2C(=O)[C@@H](NS(=O)(=O)c1ccc(OCCC2CCCCC2)cc1)C(F)(F)c1ccc(Br)cc1. The van der Waals surface area contributed by atoms with Gasteiger partial charge >= 0.3 is 0 Å². The Bertz CT molecular complexity index is 1290. The smallest absolute Gasteiger partial charge is 0.298 e. The molecule has 2 unspecified atom stereocenters. The second kappa shape index (κ2) is 12.7. The Balaban J connectivity index is 1.35. The molecule has 41 heavy (non-hydrogen) atoms. The Labute approximate surface area is 249 Å². The van der Waals surface area contributed by atoms with Gasteiger partial charge < -0.3 is 15.4 Å². The molecule has 2 heterocycles. The maximum absolute atomic E-state index is 16.1. The summed E-state index contributed by atoms with van der Waals surface area (Å²) in [7, 11) is -4.49. The summed E-state index contributed by atoms with van der Waals surface area (Å²) in [5, 5.41) is 0. The van der Waals surface area contributed by atoms with Crippen LogP contribution in [0.25, 0.3) is 0 Å². The molecule has 3 atom stereocenters. The van der Waals surface area contributed by atoms with Crippen LogP contribution >= 0.6 is 15.9 Å². The van der Waals surface area contributed by atoms with Gasteiger partial charge in [-0.3, -0.25) is 4.79 Å². The van der Waals surface area contributed by atoms with Gasteiger partial charge in [0.25, 0.3) is 5.92 Å². The lowest BCUT2D eigenvalue weighted by atomic mass is 9.87. The van der Waals surface area contributed by atoms with Crippen molar-refractivity contribution in [3.63, 3.8) is 0 Å². The summed E-state index contributed by atoms with van der Waals surface area (Å²) < 4.78 is 67.5. The van der Waals surface area contributed by atoms with Crippen LogP contribution in [0.4, 0.5) is 8.78 Å². The molecule has 0 aromatic heterocycles. The molecule has 1 saturated carbocycles. The largest absolute Gasteiger partial charge is 0.494 e. The number of sulfonamides is 1. The van der Waals surface area contributed by atoms with Crippen molar-refractivity contribution in [1.29, 1.82) is 0 Å². The van der Waals surface area contributed by atoms with Crippen LogP contribution in [0.2, 0.25) is 0 Å². The fraction of sp³-hybridized carbons (Fsp3) is 0.567. The molecule has 1 amide bonds. The third-order valence-corrected chi connectivity index (χ3v) is 10.8. The highest BCUT2D eigenvalue weighted by Crippen LogP contribution is 2.40. The summed E-state index contributed by atoms with van der Waals surface area (Å²) in [4.78, 5) is 15.0. The van der Waals surface area contributed by atoms with Gasteiger partial charge in [-0.1, -0.05) is 60.2 Å². The predicted molar refractivity (Wildman–Crippen MR) is 156 cm³/mol. The summed E-state index contributed by atoms with van der Waals surface area (Å²) in [6, 6.07) is 7.95.